The van der Waals surface area contributed by atoms with Crippen LogP contribution >= 0.6 is 11.6 Å². The van der Waals surface area contributed by atoms with Crippen molar-refractivity contribution >= 4 is 29.3 Å². The molecule has 0 saturated carbocycles. The molecule has 0 radical (unpaired) electrons. The van der Waals surface area contributed by atoms with Crippen LogP contribution in [0.4, 0.5) is 10.5 Å². The van der Waals surface area contributed by atoms with Crippen molar-refractivity contribution in [2.45, 2.75) is 12.5 Å². The van der Waals surface area contributed by atoms with Crippen LogP contribution < -0.4 is 10.6 Å². The first-order chi connectivity index (χ1) is 12.1. The second-order valence-electron chi connectivity index (χ2n) is 5.27. The van der Waals surface area contributed by atoms with Crippen molar-refractivity contribution in [2.24, 2.45) is 0 Å². The van der Waals surface area contributed by atoms with E-state index in [1.807, 2.05) is 30.3 Å². The first kappa shape index (κ1) is 18.5. The van der Waals surface area contributed by atoms with E-state index < -0.39 is 18.0 Å². The number of rotatable bonds is 7. The molecule has 0 unspecified atom stereocenters. The van der Waals surface area contributed by atoms with Gasteiger partial charge in [-0.05, 0) is 29.8 Å². The zero-order valence-electron chi connectivity index (χ0n) is 13.6. The summed E-state index contributed by atoms with van der Waals surface area (Å²) in [4.78, 5) is 24.4. The Kier molecular flexibility index (Phi) is 7.04. The fraction of sp³-hybridized carbons (Fsp3) is 0.158. The van der Waals surface area contributed by atoms with Gasteiger partial charge < -0.3 is 15.4 Å². The molecule has 0 fully saturated rings. The van der Waals surface area contributed by atoms with Crippen LogP contribution in [0.25, 0.3) is 0 Å². The molecule has 6 heteroatoms. The first-order valence-corrected chi connectivity index (χ1v) is 8.11. The molecule has 0 aromatic heterocycles. The molecular formula is C19H19ClN2O3. The second-order valence-corrected chi connectivity index (χ2v) is 5.70. The SMILES string of the molecule is C=CCOC(=O)[C@H](Cc1ccccc1)NC(=O)Nc1ccc(Cl)cc1. The monoisotopic (exact) mass is 358 g/mol. The van der Waals surface area contributed by atoms with Crippen molar-refractivity contribution in [3.63, 3.8) is 0 Å². The van der Waals surface area contributed by atoms with Gasteiger partial charge >= 0.3 is 12.0 Å². The molecule has 2 aromatic rings. The Labute approximate surface area is 151 Å². The summed E-state index contributed by atoms with van der Waals surface area (Å²) in [6, 6.07) is 14.7. The predicted octanol–water partition coefficient (Wildman–Crippen LogP) is 3.80. The zero-order valence-corrected chi connectivity index (χ0v) is 14.3. The Hall–Kier alpha value is -2.79. The van der Waals surface area contributed by atoms with Gasteiger partial charge in [0, 0.05) is 17.1 Å². The van der Waals surface area contributed by atoms with E-state index >= 15 is 0 Å². The van der Waals surface area contributed by atoms with E-state index in [2.05, 4.69) is 17.2 Å². The molecule has 130 valence electrons. The van der Waals surface area contributed by atoms with Crippen LogP contribution in [0.15, 0.2) is 67.3 Å². The number of amides is 2. The van der Waals surface area contributed by atoms with Gasteiger partial charge in [-0.25, -0.2) is 9.59 Å². The molecule has 0 spiro atoms. The lowest BCUT2D eigenvalue weighted by atomic mass is 10.1. The van der Waals surface area contributed by atoms with Crippen molar-refractivity contribution in [3.05, 3.63) is 77.8 Å². The van der Waals surface area contributed by atoms with Gasteiger partial charge in [0.15, 0.2) is 0 Å². The molecular weight excluding hydrogens is 340 g/mol. The normalized spacial score (nSPS) is 11.2. The molecule has 0 aliphatic heterocycles. The van der Waals surface area contributed by atoms with E-state index in [-0.39, 0.29) is 6.61 Å². The number of carbonyl (C=O) groups excluding carboxylic acids is 2. The maximum atomic E-state index is 12.2. The summed E-state index contributed by atoms with van der Waals surface area (Å²) < 4.78 is 5.08. The molecule has 2 N–H and O–H groups in total. The number of urea groups is 1. The fourth-order valence-corrected chi connectivity index (χ4v) is 2.27. The molecule has 2 aromatic carbocycles. The van der Waals surface area contributed by atoms with Gasteiger partial charge in [0.25, 0.3) is 0 Å². The molecule has 0 saturated heterocycles. The van der Waals surface area contributed by atoms with E-state index in [1.54, 1.807) is 24.3 Å². The highest BCUT2D eigenvalue weighted by Gasteiger charge is 2.22. The Morgan fingerprint density at radius 3 is 2.44 bits per heavy atom. The third-order valence-corrected chi connectivity index (χ3v) is 3.57. The van der Waals surface area contributed by atoms with E-state index in [0.717, 1.165) is 5.56 Å². The van der Waals surface area contributed by atoms with E-state index in [1.165, 1.54) is 6.08 Å². The van der Waals surface area contributed by atoms with Gasteiger partial charge in [0.05, 0.1) is 0 Å². The summed E-state index contributed by atoms with van der Waals surface area (Å²) in [5.74, 6) is -0.519. The summed E-state index contributed by atoms with van der Waals surface area (Å²) in [6.07, 6.45) is 1.80. The number of halogens is 1. The van der Waals surface area contributed by atoms with Crippen LogP contribution in [0.5, 0.6) is 0 Å². The first-order valence-electron chi connectivity index (χ1n) is 7.73. The highest BCUT2D eigenvalue weighted by atomic mass is 35.5. The molecule has 2 amide bonds. The molecule has 0 aliphatic rings. The van der Waals surface area contributed by atoms with Crippen molar-refractivity contribution in [1.29, 1.82) is 0 Å². The fourth-order valence-electron chi connectivity index (χ4n) is 2.14. The van der Waals surface area contributed by atoms with Crippen molar-refractivity contribution < 1.29 is 14.3 Å². The largest absolute Gasteiger partial charge is 0.460 e. The third-order valence-electron chi connectivity index (χ3n) is 3.32. The smallest absolute Gasteiger partial charge is 0.329 e. The van der Waals surface area contributed by atoms with Gasteiger partial charge in [0.1, 0.15) is 12.6 Å². The lowest BCUT2D eigenvalue weighted by molar-refractivity contribution is -0.144. The molecule has 0 aliphatic carbocycles. The number of anilines is 1. The highest BCUT2D eigenvalue weighted by Crippen LogP contribution is 2.13. The average molecular weight is 359 g/mol. The number of hydrogen-bond acceptors (Lipinski definition) is 3. The summed E-state index contributed by atoms with van der Waals surface area (Å²) >= 11 is 5.82. The van der Waals surface area contributed by atoms with Crippen LogP contribution in [-0.4, -0.2) is 24.6 Å². The Bertz CT molecular complexity index is 717. The lowest BCUT2D eigenvalue weighted by Gasteiger charge is -2.18. The topological polar surface area (TPSA) is 67.4 Å². The molecule has 1 atom stereocenters. The molecule has 5 nitrogen and oxygen atoms in total. The lowest BCUT2D eigenvalue weighted by Crippen LogP contribution is -2.45. The molecule has 2 rings (SSSR count). The number of benzene rings is 2. The van der Waals surface area contributed by atoms with Crippen LogP contribution in [0.2, 0.25) is 5.02 Å². The van der Waals surface area contributed by atoms with Crippen LogP contribution in [0.3, 0.4) is 0 Å². The Balaban J connectivity index is 2.03. The Morgan fingerprint density at radius 1 is 1.12 bits per heavy atom. The van der Waals surface area contributed by atoms with Gasteiger partial charge in [0.2, 0.25) is 0 Å². The molecule has 25 heavy (non-hydrogen) atoms. The van der Waals surface area contributed by atoms with Crippen molar-refractivity contribution in [2.75, 3.05) is 11.9 Å². The quantitative estimate of drug-likeness (QED) is 0.584. The third kappa shape index (κ3) is 6.31. The number of esters is 1. The van der Waals surface area contributed by atoms with Crippen molar-refractivity contribution in [3.8, 4) is 0 Å². The standard InChI is InChI=1S/C19H19ClN2O3/c1-2-12-25-18(23)17(13-14-6-4-3-5-7-14)22-19(24)21-16-10-8-15(20)9-11-16/h2-11,17H,1,12-13H2,(H2,21,22,24)/t17-/m0/s1. The predicted molar refractivity (Wildman–Crippen MR) is 98.7 cm³/mol. The van der Waals surface area contributed by atoms with E-state index in [9.17, 15) is 9.59 Å². The highest BCUT2D eigenvalue weighted by molar-refractivity contribution is 6.30. The van der Waals surface area contributed by atoms with Crippen LogP contribution in [0, 0.1) is 0 Å². The minimum atomic E-state index is -0.811. The number of nitrogens with one attached hydrogen (secondary N) is 2. The van der Waals surface area contributed by atoms with Gasteiger partial charge in [-0.2, -0.15) is 0 Å². The second kappa shape index (κ2) is 9.49. The van der Waals surface area contributed by atoms with E-state index in [4.69, 9.17) is 16.3 Å². The number of ether oxygens (including phenoxy) is 1. The van der Waals surface area contributed by atoms with E-state index in [0.29, 0.717) is 17.1 Å². The minimum Gasteiger partial charge on any atom is -0.460 e. The Morgan fingerprint density at radius 2 is 1.80 bits per heavy atom. The van der Waals surface area contributed by atoms with Crippen LogP contribution in [0.1, 0.15) is 5.56 Å². The van der Waals surface area contributed by atoms with Gasteiger partial charge in [-0.1, -0.05) is 54.6 Å². The summed E-state index contributed by atoms with van der Waals surface area (Å²) in [7, 11) is 0. The van der Waals surface area contributed by atoms with Crippen LogP contribution in [-0.2, 0) is 16.0 Å². The average Bonchev–Trinajstić information content (AvgIpc) is 2.62. The minimum absolute atomic E-state index is 0.0879. The maximum absolute atomic E-state index is 12.2. The maximum Gasteiger partial charge on any atom is 0.329 e. The number of hydrogen-bond donors (Lipinski definition) is 2. The summed E-state index contributed by atoms with van der Waals surface area (Å²) in [6.45, 7) is 3.60. The van der Waals surface area contributed by atoms with Gasteiger partial charge in [-0.3, -0.25) is 0 Å². The number of carbonyl (C=O) groups is 2. The molecule has 0 bridgehead atoms. The molecule has 0 heterocycles. The zero-order chi connectivity index (χ0) is 18.1. The summed E-state index contributed by atoms with van der Waals surface area (Å²) in [5, 5.41) is 5.88. The van der Waals surface area contributed by atoms with Crippen molar-refractivity contribution in [1.82, 2.24) is 5.32 Å². The van der Waals surface area contributed by atoms with Gasteiger partial charge in [-0.15, -0.1) is 0 Å². The summed E-state index contributed by atoms with van der Waals surface area (Å²) in [5.41, 5.74) is 1.48.